The van der Waals surface area contributed by atoms with Gasteiger partial charge in [-0.3, -0.25) is 0 Å². The number of carbonyl (C=O) groups is 2. The van der Waals surface area contributed by atoms with Gasteiger partial charge in [-0.1, -0.05) is 23.4 Å². The van der Waals surface area contributed by atoms with Gasteiger partial charge in [0.2, 0.25) is 0 Å². The molecule has 1 aromatic heterocycles. The smallest absolute Gasteiger partial charge is 0.348 e. The molecule has 0 aliphatic carbocycles. The van der Waals surface area contributed by atoms with Gasteiger partial charge in [0.1, 0.15) is 10.8 Å². The number of morpholine rings is 1. The number of nitrogens with zero attached hydrogens (tertiary/aromatic N) is 2. The van der Waals surface area contributed by atoms with Crippen LogP contribution in [0.5, 0.6) is 0 Å². The molecule has 0 aromatic carbocycles. The molecule has 2 aliphatic heterocycles. The molecule has 28 heavy (non-hydrogen) atoms. The van der Waals surface area contributed by atoms with E-state index in [4.69, 9.17) is 25.8 Å². The summed E-state index contributed by atoms with van der Waals surface area (Å²) in [5.41, 5.74) is 0.676. The molecule has 0 bridgehead atoms. The second-order valence-electron chi connectivity index (χ2n) is 5.95. The lowest BCUT2D eigenvalue weighted by molar-refractivity contribution is -0.146. The molecule has 10 heteroatoms. The summed E-state index contributed by atoms with van der Waals surface area (Å²) in [4.78, 5) is 31.1. The fourth-order valence-corrected chi connectivity index (χ4v) is 3.97. The van der Waals surface area contributed by atoms with Crippen molar-refractivity contribution < 1.29 is 23.8 Å². The van der Waals surface area contributed by atoms with Crippen LogP contribution in [0, 0.1) is 0 Å². The number of anilines is 1. The fourth-order valence-electron chi connectivity index (χ4n) is 2.90. The van der Waals surface area contributed by atoms with Gasteiger partial charge in [0.25, 0.3) is 0 Å². The Hall–Kier alpha value is -1.81. The van der Waals surface area contributed by atoms with E-state index in [1.807, 2.05) is 0 Å². The first-order valence-electron chi connectivity index (χ1n) is 9.03. The lowest BCUT2D eigenvalue weighted by atomic mass is 10.1. The number of hydrogen-bond donors (Lipinski definition) is 1. The first-order valence-corrected chi connectivity index (χ1v) is 10.4. The van der Waals surface area contributed by atoms with Crippen molar-refractivity contribution in [2.24, 2.45) is 0 Å². The minimum Gasteiger partial charge on any atom is -0.462 e. The molecule has 0 spiro atoms. The third kappa shape index (κ3) is 4.43. The summed E-state index contributed by atoms with van der Waals surface area (Å²) in [6, 6.07) is 1.80. The van der Waals surface area contributed by atoms with Crippen molar-refractivity contribution >= 4 is 41.1 Å². The number of esters is 2. The molecule has 0 saturated carbocycles. The Labute approximate surface area is 172 Å². The average Bonchev–Trinajstić information content (AvgIpc) is 2.67. The predicted octanol–water partition coefficient (Wildman–Crippen LogP) is 2.24. The van der Waals surface area contributed by atoms with E-state index in [1.54, 1.807) is 24.8 Å². The maximum atomic E-state index is 12.4. The zero-order chi connectivity index (χ0) is 20.1. The van der Waals surface area contributed by atoms with Crippen LogP contribution in [-0.4, -0.2) is 55.7 Å². The largest absolute Gasteiger partial charge is 0.462 e. The van der Waals surface area contributed by atoms with Crippen LogP contribution in [0.15, 0.2) is 22.9 Å². The van der Waals surface area contributed by atoms with Gasteiger partial charge in [-0.2, -0.15) is 0 Å². The van der Waals surface area contributed by atoms with Gasteiger partial charge in [0.05, 0.1) is 36.8 Å². The van der Waals surface area contributed by atoms with E-state index in [2.05, 4.69) is 10.3 Å². The van der Waals surface area contributed by atoms with Crippen LogP contribution < -0.4 is 10.2 Å². The summed E-state index contributed by atoms with van der Waals surface area (Å²) >= 11 is 7.52. The van der Waals surface area contributed by atoms with E-state index >= 15 is 0 Å². The molecule has 1 atom stereocenters. The Balaban J connectivity index is 2.00. The van der Waals surface area contributed by atoms with E-state index in [1.165, 1.54) is 18.0 Å². The summed E-state index contributed by atoms with van der Waals surface area (Å²) in [5, 5.41) is 4.22. The van der Waals surface area contributed by atoms with Crippen molar-refractivity contribution in [1.29, 1.82) is 0 Å². The first kappa shape index (κ1) is 20.9. The maximum Gasteiger partial charge on any atom is 0.348 e. The number of aromatic nitrogens is 1. The Kier molecular flexibility index (Phi) is 7.17. The lowest BCUT2D eigenvalue weighted by Crippen LogP contribution is -2.38. The van der Waals surface area contributed by atoms with Crippen molar-refractivity contribution in [3.8, 4) is 0 Å². The topological polar surface area (TPSA) is 90.0 Å². The third-order valence-corrected chi connectivity index (χ3v) is 5.43. The van der Waals surface area contributed by atoms with E-state index in [-0.39, 0.29) is 24.9 Å². The number of thioether (sulfide) groups is 1. The van der Waals surface area contributed by atoms with Gasteiger partial charge in [-0.05, 0) is 19.9 Å². The molecular formula is C18H22ClN3O5S. The number of pyridine rings is 1. The standard InChI is InChI=1S/C18H22ClN3O5S/c1-3-25-17(23)14(18(24)26-4-2)16-22(10-28-16)15-12(7-11(19)8-21-15)13-9-20-5-6-27-13/h7-8,13,20H,3-6,9-10H2,1-2H3. The molecule has 2 aliphatic rings. The monoisotopic (exact) mass is 427 g/mol. The zero-order valence-corrected chi connectivity index (χ0v) is 17.3. The van der Waals surface area contributed by atoms with Crippen LogP contribution in [0.3, 0.4) is 0 Å². The number of nitrogens with one attached hydrogen (secondary N) is 1. The van der Waals surface area contributed by atoms with Gasteiger partial charge >= 0.3 is 11.9 Å². The second-order valence-corrected chi connectivity index (χ2v) is 7.32. The Bertz CT molecular complexity index is 762. The van der Waals surface area contributed by atoms with Crippen LogP contribution in [-0.2, 0) is 23.8 Å². The van der Waals surface area contributed by atoms with E-state index < -0.39 is 11.9 Å². The zero-order valence-electron chi connectivity index (χ0n) is 15.7. The Morgan fingerprint density at radius 1 is 1.36 bits per heavy atom. The molecule has 1 unspecified atom stereocenters. The van der Waals surface area contributed by atoms with Gasteiger partial charge in [-0.15, -0.1) is 0 Å². The number of ether oxygens (including phenoxy) is 3. The summed E-state index contributed by atoms with van der Waals surface area (Å²) in [5.74, 6) is -0.296. The normalized spacial score (nSPS) is 19.0. The summed E-state index contributed by atoms with van der Waals surface area (Å²) in [6.45, 7) is 5.66. The van der Waals surface area contributed by atoms with Gasteiger partial charge in [0.15, 0.2) is 5.57 Å². The van der Waals surface area contributed by atoms with Crippen molar-refractivity contribution in [2.75, 3.05) is 43.7 Å². The van der Waals surface area contributed by atoms with E-state index in [0.717, 1.165) is 12.1 Å². The number of rotatable bonds is 6. The minimum atomic E-state index is -0.709. The molecule has 3 rings (SSSR count). The van der Waals surface area contributed by atoms with Crippen LogP contribution >= 0.6 is 23.4 Å². The van der Waals surface area contributed by atoms with Gasteiger partial charge < -0.3 is 24.4 Å². The summed E-state index contributed by atoms with van der Waals surface area (Å²) in [6.07, 6.45) is 1.31. The average molecular weight is 428 g/mol. The minimum absolute atomic E-state index is 0.120. The maximum absolute atomic E-state index is 12.4. The van der Waals surface area contributed by atoms with Crippen LogP contribution in [0.1, 0.15) is 25.5 Å². The third-order valence-electron chi connectivity index (χ3n) is 4.14. The molecule has 0 radical (unpaired) electrons. The summed E-state index contributed by atoms with van der Waals surface area (Å²) < 4.78 is 16.0. The molecule has 3 heterocycles. The molecule has 2 saturated heterocycles. The highest BCUT2D eigenvalue weighted by Gasteiger charge is 2.37. The fraction of sp³-hybridized carbons (Fsp3) is 0.500. The molecule has 1 aromatic rings. The Morgan fingerprint density at radius 3 is 2.61 bits per heavy atom. The van der Waals surface area contributed by atoms with Crippen molar-refractivity contribution in [3.05, 3.63) is 33.5 Å². The van der Waals surface area contributed by atoms with E-state index in [9.17, 15) is 9.59 Å². The Morgan fingerprint density at radius 2 is 2.07 bits per heavy atom. The summed E-state index contributed by atoms with van der Waals surface area (Å²) in [7, 11) is 0. The molecular weight excluding hydrogens is 406 g/mol. The van der Waals surface area contributed by atoms with Gasteiger partial charge in [0, 0.05) is 24.8 Å². The van der Waals surface area contributed by atoms with E-state index in [0.29, 0.717) is 34.9 Å². The van der Waals surface area contributed by atoms with Crippen molar-refractivity contribution in [2.45, 2.75) is 20.0 Å². The number of hydrogen-bond acceptors (Lipinski definition) is 9. The highest BCUT2D eigenvalue weighted by molar-refractivity contribution is 8.05. The number of carbonyl (C=O) groups excluding carboxylic acids is 2. The molecule has 8 nitrogen and oxygen atoms in total. The molecule has 1 N–H and O–H groups in total. The van der Waals surface area contributed by atoms with Crippen molar-refractivity contribution in [3.63, 3.8) is 0 Å². The van der Waals surface area contributed by atoms with Crippen molar-refractivity contribution in [1.82, 2.24) is 10.3 Å². The first-order chi connectivity index (χ1) is 13.6. The van der Waals surface area contributed by atoms with Crippen LogP contribution in [0.2, 0.25) is 5.02 Å². The second kappa shape index (κ2) is 9.60. The van der Waals surface area contributed by atoms with Crippen LogP contribution in [0.4, 0.5) is 5.82 Å². The molecule has 0 amide bonds. The quantitative estimate of drug-likeness (QED) is 0.317. The van der Waals surface area contributed by atoms with Gasteiger partial charge in [-0.25, -0.2) is 14.6 Å². The highest BCUT2D eigenvalue weighted by atomic mass is 35.5. The highest BCUT2D eigenvalue weighted by Crippen LogP contribution is 2.43. The van der Waals surface area contributed by atoms with Crippen LogP contribution in [0.25, 0.3) is 0 Å². The lowest BCUT2D eigenvalue weighted by Gasteiger charge is -2.38. The SMILES string of the molecule is CCOC(=O)C(C(=O)OCC)=C1SCN1c1ncc(Cl)cc1C1CNCCO1. The molecule has 152 valence electrons. The number of halogens is 1. The predicted molar refractivity (Wildman–Crippen MR) is 106 cm³/mol. The molecule has 2 fully saturated rings.